The molecule has 0 spiro atoms. The van der Waals surface area contributed by atoms with Gasteiger partial charge in [-0.25, -0.2) is 4.79 Å². The smallest absolute Gasteiger partial charge is 0.409 e. The van der Waals surface area contributed by atoms with Gasteiger partial charge in [0, 0.05) is 29.6 Å². The minimum atomic E-state index is -0.712. The fourth-order valence-corrected chi connectivity index (χ4v) is 5.84. The van der Waals surface area contributed by atoms with Crippen molar-refractivity contribution in [3.63, 3.8) is 0 Å². The number of nitrogens with zero attached hydrogens (tertiary/aromatic N) is 2. The SMILES string of the molecule is CCOC(=O)N1CCC(N2C(=O)C(=O)/C(=C(\O)c3ccc(OC)c(Br)c3)C2c2cccs2)CC1. The molecule has 2 fully saturated rings. The summed E-state index contributed by atoms with van der Waals surface area (Å²) in [6, 6.07) is 7.76. The molecule has 2 saturated heterocycles. The normalized spacial score (nSPS) is 20.6. The summed E-state index contributed by atoms with van der Waals surface area (Å²) in [6.07, 6.45) is 0.659. The summed E-state index contributed by atoms with van der Waals surface area (Å²) in [5.74, 6) is -0.996. The maximum absolute atomic E-state index is 13.2. The van der Waals surface area contributed by atoms with Crippen molar-refractivity contribution in [2.24, 2.45) is 0 Å². The molecule has 2 aliphatic heterocycles. The summed E-state index contributed by atoms with van der Waals surface area (Å²) in [6.45, 7) is 2.91. The zero-order chi connectivity index (χ0) is 24.4. The van der Waals surface area contributed by atoms with Crippen LogP contribution in [0.15, 0.2) is 45.8 Å². The fraction of sp³-hybridized carbons (Fsp3) is 0.375. The third-order valence-corrected chi connectivity index (χ3v) is 7.65. The van der Waals surface area contributed by atoms with Gasteiger partial charge in [0.2, 0.25) is 0 Å². The van der Waals surface area contributed by atoms with Gasteiger partial charge in [0.15, 0.2) is 0 Å². The van der Waals surface area contributed by atoms with Crippen molar-refractivity contribution < 1.29 is 29.0 Å². The molecule has 0 bridgehead atoms. The molecule has 2 aromatic rings. The average molecular weight is 549 g/mol. The molecular formula is C24H25BrN2O6S. The molecule has 1 N–H and O–H groups in total. The van der Waals surface area contributed by atoms with Gasteiger partial charge in [-0.1, -0.05) is 6.07 Å². The van der Waals surface area contributed by atoms with Crippen LogP contribution in [-0.2, 0) is 14.3 Å². The Bertz CT molecular complexity index is 1120. The van der Waals surface area contributed by atoms with Gasteiger partial charge in [0.1, 0.15) is 11.5 Å². The van der Waals surface area contributed by atoms with Gasteiger partial charge in [0.25, 0.3) is 11.7 Å². The maximum Gasteiger partial charge on any atom is 0.409 e. The van der Waals surface area contributed by atoms with Crippen LogP contribution in [0, 0.1) is 0 Å². The number of amides is 2. The first kappa shape index (κ1) is 24.3. The van der Waals surface area contributed by atoms with Crippen molar-refractivity contribution >= 4 is 50.8 Å². The number of aliphatic hydroxyl groups is 1. The first-order valence-electron chi connectivity index (χ1n) is 11.0. The summed E-state index contributed by atoms with van der Waals surface area (Å²) in [4.78, 5) is 42.5. The molecule has 2 aliphatic rings. The van der Waals surface area contributed by atoms with Gasteiger partial charge in [-0.3, -0.25) is 9.59 Å². The van der Waals surface area contributed by atoms with E-state index in [1.807, 2.05) is 17.5 Å². The third-order valence-electron chi connectivity index (χ3n) is 6.10. The predicted octanol–water partition coefficient (Wildman–Crippen LogP) is 4.56. The molecule has 1 unspecified atom stereocenters. The Labute approximate surface area is 209 Å². The van der Waals surface area contributed by atoms with Crippen LogP contribution in [-0.4, -0.2) is 65.5 Å². The molecule has 10 heteroatoms. The number of ketones is 1. The highest BCUT2D eigenvalue weighted by Crippen LogP contribution is 2.44. The molecule has 180 valence electrons. The average Bonchev–Trinajstić information content (AvgIpc) is 3.46. The van der Waals surface area contributed by atoms with Crippen molar-refractivity contribution in [3.8, 4) is 5.75 Å². The van der Waals surface area contributed by atoms with E-state index >= 15 is 0 Å². The van der Waals surface area contributed by atoms with Crippen molar-refractivity contribution in [2.45, 2.75) is 31.8 Å². The first-order valence-corrected chi connectivity index (χ1v) is 12.6. The van der Waals surface area contributed by atoms with E-state index in [1.54, 1.807) is 34.9 Å². The summed E-state index contributed by atoms with van der Waals surface area (Å²) in [5.41, 5.74) is 0.474. The van der Waals surface area contributed by atoms with Crippen molar-refractivity contribution in [1.82, 2.24) is 9.80 Å². The van der Waals surface area contributed by atoms with Crippen LogP contribution in [0.25, 0.3) is 5.76 Å². The molecule has 0 aliphatic carbocycles. The molecular weight excluding hydrogens is 524 g/mol. The number of carbonyl (C=O) groups excluding carboxylic acids is 3. The van der Waals surface area contributed by atoms with Gasteiger partial charge >= 0.3 is 6.09 Å². The summed E-state index contributed by atoms with van der Waals surface area (Å²) >= 11 is 4.83. The Morgan fingerprint density at radius 2 is 1.97 bits per heavy atom. The highest BCUT2D eigenvalue weighted by molar-refractivity contribution is 9.10. The lowest BCUT2D eigenvalue weighted by Gasteiger charge is -2.38. The molecule has 0 saturated carbocycles. The van der Waals surface area contributed by atoms with Crippen molar-refractivity contribution in [3.05, 3.63) is 56.2 Å². The predicted molar refractivity (Wildman–Crippen MR) is 131 cm³/mol. The van der Waals surface area contributed by atoms with E-state index in [4.69, 9.17) is 9.47 Å². The number of likely N-dealkylation sites (tertiary alicyclic amines) is 2. The zero-order valence-electron chi connectivity index (χ0n) is 18.8. The van der Waals surface area contributed by atoms with Crippen LogP contribution in [0.2, 0.25) is 0 Å². The number of thiophene rings is 1. The number of hydrogen-bond acceptors (Lipinski definition) is 7. The first-order chi connectivity index (χ1) is 16.4. The summed E-state index contributed by atoms with van der Waals surface area (Å²) in [5, 5.41) is 13.1. The molecule has 34 heavy (non-hydrogen) atoms. The number of aliphatic hydroxyl groups excluding tert-OH is 1. The van der Waals surface area contributed by atoms with Crippen LogP contribution < -0.4 is 4.74 Å². The van der Waals surface area contributed by atoms with Gasteiger partial charge in [0.05, 0.1) is 29.8 Å². The Morgan fingerprint density at radius 3 is 2.56 bits per heavy atom. The lowest BCUT2D eigenvalue weighted by Crippen LogP contribution is -2.48. The van der Waals surface area contributed by atoms with E-state index < -0.39 is 17.7 Å². The van der Waals surface area contributed by atoms with Gasteiger partial charge < -0.3 is 24.4 Å². The number of carbonyl (C=O) groups is 3. The second-order valence-corrected chi connectivity index (χ2v) is 9.82. The molecule has 1 aromatic carbocycles. The quantitative estimate of drug-likeness (QED) is 0.334. The highest BCUT2D eigenvalue weighted by Gasteiger charge is 2.49. The number of benzene rings is 1. The highest BCUT2D eigenvalue weighted by atomic mass is 79.9. The number of methoxy groups -OCH3 is 1. The number of ether oxygens (including phenoxy) is 2. The van der Waals surface area contributed by atoms with E-state index in [-0.39, 0.29) is 23.5 Å². The van der Waals surface area contributed by atoms with Crippen LogP contribution in [0.4, 0.5) is 4.79 Å². The zero-order valence-corrected chi connectivity index (χ0v) is 21.2. The molecule has 4 rings (SSSR count). The lowest BCUT2D eigenvalue weighted by atomic mass is 9.97. The van der Waals surface area contributed by atoms with Gasteiger partial charge in [-0.2, -0.15) is 0 Å². The molecule has 0 radical (unpaired) electrons. The molecule has 1 atom stereocenters. The van der Waals surface area contributed by atoms with Gasteiger partial charge in [-0.15, -0.1) is 11.3 Å². The Hall–Kier alpha value is -2.85. The van der Waals surface area contributed by atoms with E-state index in [1.165, 1.54) is 18.4 Å². The second kappa shape index (κ2) is 10.2. The largest absolute Gasteiger partial charge is 0.507 e. The summed E-state index contributed by atoms with van der Waals surface area (Å²) in [7, 11) is 1.54. The molecule has 1 aromatic heterocycles. The summed E-state index contributed by atoms with van der Waals surface area (Å²) < 4.78 is 11.0. The lowest BCUT2D eigenvalue weighted by molar-refractivity contribution is -0.142. The van der Waals surface area contributed by atoms with Crippen molar-refractivity contribution in [1.29, 1.82) is 0 Å². The maximum atomic E-state index is 13.2. The van der Waals surface area contributed by atoms with Crippen LogP contribution in [0.5, 0.6) is 5.75 Å². The number of hydrogen-bond donors (Lipinski definition) is 1. The number of piperidine rings is 1. The van der Waals surface area contributed by atoms with Crippen LogP contribution in [0.3, 0.4) is 0 Å². The second-order valence-electron chi connectivity index (χ2n) is 7.99. The third kappa shape index (κ3) is 4.44. The van der Waals surface area contributed by atoms with E-state index in [9.17, 15) is 19.5 Å². The van der Waals surface area contributed by atoms with Crippen LogP contribution >= 0.6 is 27.3 Å². The Morgan fingerprint density at radius 1 is 1.24 bits per heavy atom. The van der Waals surface area contributed by atoms with Gasteiger partial charge in [-0.05, 0) is 65.3 Å². The van der Waals surface area contributed by atoms with E-state index in [2.05, 4.69) is 15.9 Å². The minimum Gasteiger partial charge on any atom is -0.507 e. The van der Waals surface area contributed by atoms with Crippen LogP contribution in [0.1, 0.15) is 36.2 Å². The Balaban J connectivity index is 1.70. The number of rotatable bonds is 5. The van der Waals surface area contributed by atoms with E-state index in [0.29, 0.717) is 48.3 Å². The molecule has 3 heterocycles. The standard InChI is InChI=1S/C24H25BrN2O6S/c1-3-33-24(31)26-10-8-15(9-11-26)27-20(18-5-4-12-34-18)19(22(29)23(27)30)21(28)14-6-7-17(32-2)16(25)13-14/h4-7,12-13,15,20,28H,3,8-11H2,1-2H3/b21-19-. The number of Topliss-reactive ketones (excluding diaryl/α,β-unsaturated/α-hetero) is 1. The van der Waals surface area contributed by atoms with E-state index in [0.717, 1.165) is 4.88 Å². The topological polar surface area (TPSA) is 96.4 Å². The molecule has 2 amide bonds. The number of halogens is 1. The fourth-order valence-electron chi connectivity index (χ4n) is 4.46. The van der Waals surface area contributed by atoms with Crippen molar-refractivity contribution in [2.75, 3.05) is 26.8 Å². The monoisotopic (exact) mass is 548 g/mol. The minimum absolute atomic E-state index is 0.0670. The Kier molecular flexibility index (Phi) is 7.27. The molecule has 8 nitrogen and oxygen atoms in total.